The average molecular weight is 283 g/mol. The van der Waals surface area contributed by atoms with Crippen LogP contribution in [0.25, 0.3) is 0 Å². The van der Waals surface area contributed by atoms with Gasteiger partial charge in [0.15, 0.2) is 0 Å². The first-order valence-electron chi connectivity index (χ1n) is 6.95. The van der Waals surface area contributed by atoms with Crippen molar-refractivity contribution in [1.82, 2.24) is 0 Å². The Bertz CT molecular complexity index is 346. The van der Waals surface area contributed by atoms with Gasteiger partial charge in [0.05, 0.1) is 39.6 Å². The quantitative estimate of drug-likeness (QED) is 0.587. The van der Waals surface area contributed by atoms with E-state index >= 15 is 0 Å². The SMILES string of the molecule is Cc1cccc(OCCOCCOCCOCCN)c1. The van der Waals surface area contributed by atoms with E-state index in [0.29, 0.717) is 52.8 Å². The predicted molar refractivity (Wildman–Crippen MR) is 78.2 cm³/mol. The molecule has 1 aromatic rings. The Kier molecular flexibility index (Phi) is 9.87. The number of benzene rings is 1. The maximum absolute atomic E-state index is 5.56. The lowest BCUT2D eigenvalue weighted by molar-refractivity contribution is 0.0106. The Hall–Kier alpha value is -1.14. The highest BCUT2D eigenvalue weighted by Crippen LogP contribution is 2.11. The molecule has 2 N–H and O–H groups in total. The third kappa shape index (κ3) is 8.87. The van der Waals surface area contributed by atoms with Crippen LogP contribution in [0.4, 0.5) is 0 Å². The van der Waals surface area contributed by atoms with Crippen LogP contribution in [0.3, 0.4) is 0 Å². The molecule has 0 spiro atoms. The van der Waals surface area contributed by atoms with Crippen molar-refractivity contribution in [2.45, 2.75) is 6.92 Å². The fraction of sp³-hybridized carbons (Fsp3) is 0.600. The Balaban J connectivity index is 1.85. The normalized spacial score (nSPS) is 10.7. The summed E-state index contributed by atoms with van der Waals surface area (Å²) in [5, 5.41) is 0. The van der Waals surface area contributed by atoms with Crippen molar-refractivity contribution in [2.75, 3.05) is 52.8 Å². The van der Waals surface area contributed by atoms with Crippen molar-refractivity contribution in [3.63, 3.8) is 0 Å². The lowest BCUT2D eigenvalue weighted by Gasteiger charge is -2.08. The van der Waals surface area contributed by atoms with Crippen LogP contribution in [0.5, 0.6) is 5.75 Å². The Morgan fingerprint density at radius 1 is 0.850 bits per heavy atom. The lowest BCUT2D eigenvalue weighted by Crippen LogP contribution is -2.14. The van der Waals surface area contributed by atoms with Gasteiger partial charge in [-0.25, -0.2) is 0 Å². The molecule has 0 bridgehead atoms. The largest absolute Gasteiger partial charge is 0.491 e. The molecule has 20 heavy (non-hydrogen) atoms. The summed E-state index contributed by atoms with van der Waals surface area (Å²) in [5.41, 5.74) is 6.48. The van der Waals surface area contributed by atoms with Gasteiger partial charge in [-0.05, 0) is 24.6 Å². The molecule has 0 aliphatic heterocycles. The van der Waals surface area contributed by atoms with Gasteiger partial charge >= 0.3 is 0 Å². The van der Waals surface area contributed by atoms with Crippen LogP contribution in [0.15, 0.2) is 24.3 Å². The average Bonchev–Trinajstić information content (AvgIpc) is 2.45. The van der Waals surface area contributed by atoms with Gasteiger partial charge in [-0.2, -0.15) is 0 Å². The summed E-state index contributed by atoms with van der Waals surface area (Å²) in [6.07, 6.45) is 0. The van der Waals surface area contributed by atoms with Gasteiger partial charge in [0.1, 0.15) is 12.4 Å². The summed E-state index contributed by atoms with van der Waals surface area (Å²) in [5.74, 6) is 0.877. The molecule has 0 amide bonds. The van der Waals surface area contributed by atoms with Crippen molar-refractivity contribution in [1.29, 1.82) is 0 Å². The molecule has 0 saturated heterocycles. The smallest absolute Gasteiger partial charge is 0.119 e. The topological polar surface area (TPSA) is 62.9 Å². The highest BCUT2D eigenvalue weighted by atomic mass is 16.6. The van der Waals surface area contributed by atoms with E-state index in [2.05, 4.69) is 0 Å². The number of hydrogen-bond acceptors (Lipinski definition) is 5. The fourth-order valence-electron chi connectivity index (χ4n) is 1.55. The van der Waals surface area contributed by atoms with Crippen LogP contribution in [0.1, 0.15) is 5.56 Å². The molecule has 1 rings (SSSR count). The van der Waals surface area contributed by atoms with Gasteiger partial charge in [-0.15, -0.1) is 0 Å². The zero-order valence-electron chi connectivity index (χ0n) is 12.2. The van der Waals surface area contributed by atoms with E-state index in [4.69, 9.17) is 24.7 Å². The second kappa shape index (κ2) is 11.7. The molecule has 0 radical (unpaired) electrons. The van der Waals surface area contributed by atoms with E-state index in [9.17, 15) is 0 Å². The van der Waals surface area contributed by atoms with Crippen molar-refractivity contribution in [3.05, 3.63) is 29.8 Å². The van der Waals surface area contributed by atoms with Crippen LogP contribution in [-0.2, 0) is 14.2 Å². The number of nitrogens with two attached hydrogens (primary N) is 1. The standard InChI is InChI=1S/C15H25NO4/c1-14-3-2-4-15(13-14)20-12-11-19-10-9-18-8-7-17-6-5-16/h2-4,13H,5-12,16H2,1H3. The number of ether oxygens (including phenoxy) is 4. The maximum Gasteiger partial charge on any atom is 0.119 e. The predicted octanol–water partition coefficient (Wildman–Crippen LogP) is 1.38. The molecule has 0 heterocycles. The highest BCUT2D eigenvalue weighted by Gasteiger charge is 1.95. The van der Waals surface area contributed by atoms with Crippen LogP contribution < -0.4 is 10.5 Å². The molecule has 0 aliphatic carbocycles. The van der Waals surface area contributed by atoms with E-state index < -0.39 is 0 Å². The van der Waals surface area contributed by atoms with Crippen molar-refractivity contribution < 1.29 is 18.9 Å². The fourth-order valence-corrected chi connectivity index (χ4v) is 1.55. The minimum absolute atomic E-state index is 0.545. The van der Waals surface area contributed by atoms with Gasteiger partial charge in [-0.1, -0.05) is 12.1 Å². The summed E-state index contributed by atoms with van der Waals surface area (Å²) >= 11 is 0. The minimum Gasteiger partial charge on any atom is -0.491 e. The van der Waals surface area contributed by atoms with Gasteiger partial charge in [0, 0.05) is 6.54 Å². The van der Waals surface area contributed by atoms with Crippen LogP contribution in [0, 0.1) is 6.92 Å². The van der Waals surface area contributed by atoms with Crippen LogP contribution in [0.2, 0.25) is 0 Å². The van der Waals surface area contributed by atoms with E-state index in [1.165, 1.54) is 5.56 Å². The van der Waals surface area contributed by atoms with Gasteiger partial charge in [0.25, 0.3) is 0 Å². The summed E-state index contributed by atoms with van der Waals surface area (Å²) in [7, 11) is 0. The molecule has 0 atom stereocenters. The van der Waals surface area contributed by atoms with E-state index in [1.54, 1.807) is 0 Å². The second-order valence-corrected chi connectivity index (χ2v) is 4.29. The molecule has 0 fully saturated rings. The summed E-state index contributed by atoms with van der Waals surface area (Å²) in [6, 6.07) is 7.96. The first-order chi connectivity index (χ1) is 9.83. The molecule has 0 aromatic heterocycles. The first-order valence-corrected chi connectivity index (χ1v) is 6.95. The maximum atomic E-state index is 5.56. The van der Waals surface area contributed by atoms with Crippen molar-refractivity contribution in [2.24, 2.45) is 5.73 Å². The van der Waals surface area contributed by atoms with Gasteiger partial charge in [-0.3, -0.25) is 0 Å². The second-order valence-electron chi connectivity index (χ2n) is 4.29. The number of rotatable bonds is 12. The van der Waals surface area contributed by atoms with Gasteiger partial charge < -0.3 is 24.7 Å². The van der Waals surface area contributed by atoms with E-state index in [-0.39, 0.29) is 0 Å². The van der Waals surface area contributed by atoms with Crippen LogP contribution in [-0.4, -0.2) is 52.8 Å². The molecule has 1 aromatic carbocycles. The van der Waals surface area contributed by atoms with Gasteiger partial charge in [0.2, 0.25) is 0 Å². The molecule has 0 saturated carbocycles. The molecule has 5 heteroatoms. The monoisotopic (exact) mass is 283 g/mol. The first kappa shape index (κ1) is 16.9. The van der Waals surface area contributed by atoms with Crippen molar-refractivity contribution in [3.8, 4) is 5.75 Å². The molecule has 5 nitrogen and oxygen atoms in total. The molecule has 0 unspecified atom stereocenters. The van der Waals surface area contributed by atoms with E-state index in [1.807, 2.05) is 31.2 Å². The van der Waals surface area contributed by atoms with Crippen LogP contribution >= 0.6 is 0 Å². The molecule has 0 aliphatic rings. The molecule has 114 valence electrons. The number of hydrogen-bond donors (Lipinski definition) is 1. The zero-order valence-corrected chi connectivity index (χ0v) is 12.2. The Morgan fingerprint density at radius 2 is 1.45 bits per heavy atom. The van der Waals surface area contributed by atoms with E-state index in [0.717, 1.165) is 5.75 Å². The lowest BCUT2D eigenvalue weighted by atomic mass is 10.2. The Labute approximate surface area is 121 Å². The summed E-state index contributed by atoms with van der Waals surface area (Å²) < 4.78 is 21.5. The molecular formula is C15H25NO4. The third-order valence-corrected chi connectivity index (χ3v) is 2.49. The Morgan fingerprint density at radius 3 is 2.05 bits per heavy atom. The minimum atomic E-state index is 0.545. The highest BCUT2D eigenvalue weighted by molar-refractivity contribution is 5.27. The number of aryl methyl sites for hydroxylation is 1. The molecular weight excluding hydrogens is 258 g/mol. The van der Waals surface area contributed by atoms with Crippen molar-refractivity contribution >= 4 is 0 Å². The third-order valence-electron chi connectivity index (χ3n) is 2.49. The summed E-state index contributed by atoms with van der Waals surface area (Å²) in [6.45, 7) is 6.55. The summed E-state index contributed by atoms with van der Waals surface area (Å²) in [4.78, 5) is 0. The zero-order chi connectivity index (χ0) is 14.5.